The molecule has 0 N–H and O–H groups in total. The smallest absolute Gasteiger partial charge is 0.422 e. The molecule has 0 spiro atoms. The Labute approximate surface area is 179 Å². The highest BCUT2D eigenvalue weighted by Crippen LogP contribution is 2.46. The summed E-state index contributed by atoms with van der Waals surface area (Å²) in [6.07, 6.45) is 0.274. The molecule has 0 bridgehead atoms. The van der Waals surface area contributed by atoms with Gasteiger partial charge in [0.2, 0.25) is 0 Å². The molecular weight excluding hydrogens is 397 g/mol. The van der Waals surface area contributed by atoms with Crippen LogP contribution in [-0.2, 0) is 19.1 Å². The van der Waals surface area contributed by atoms with Crippen molar-refractivity contribution in [1.29, 1.82) is 0 Å². The molecule has 2 atom stereocenters. The van der Waals surface area contributed by atoms with Gasteiger partial charge >= 0.3 is 18.1 Å². The largest absolute Gasteiger partial charge is 0.458 e. The van der Waals surface area contributed by atoms with Gasteiger partial charge in [-0.15, -0.1) is 0 Å². The van der Waals surface area contributed by atoms with Crippen molar-refractivity contribution < 1.29 is 32.2 Å². The van der Waals surface area contributed by atoms with E-state index in [0.717, 1.165) is 25.7 Å². The SMILES string of the molecule is CCC(C)(C)CC(C)(C(=O)OC1(C(C)C(=O)OCC(F)(F)F)CCCCC1)C(C)C. The lowest BCUT2D eigenvalue weighted by atomic mass is 9.67. The Bertz CT molecular complexity index is 592. The minimum absolute atomic E-state index is 0.00366. The van der Waals surface area contributed by atoms with Crippen molar-refractivity contribution in [2.45, 2.75) is 105 Å². The zero-order valence-electron chi connectivity index (χ0n) is 19.6. The minimum atomic E-state index is -4.59. The lowest BCUT2D eigenvalue weighted by Gasteiger charge is -2.45. The first-order chi connectivity index (χ1) is 13.6. The van der Waals surface area contributed by atoms with E-state index in [-0.39, 0.29) is 17.3 Å². The molecule has 2 unspecified atom stereocenters. The van der Waals surface area contributed by atoms with E-state index in [0.29, 0.717) is 19.3 Å². The van der Waals surface area contributed by atoms with Crippen LogP contribution in [0.2, 0.25) is 0 Å². The predicted molar refractivity (Wildman–Crippen MR) is 110 cm³/mol. The number of ether oxygens (including phenoxy) is 2. The first-order valence-corrected chi connectivity index (χ1v) is 11.1. The van der Waals surface area contributed by atoms with Crippen molar-refractivity contribution in [3.63, 3.8) is 0 Å². The maximum Gasteiger partial charge on any atom is 0.422 e. The Morgan fingerprint density at radius 3 is 1.97 bits per heavy atom. The first kappa shape index (κ1) is 26.8. The molecule has 0 radical (unpaired) electrons. The van der Waals surface area contributed by atoms with Crippen LogP contribution in [-0.4, -0.2) is 30.3 Å². The highest BCUT2D eigenvalue weighted by Gasteiger charge is 2.50. The fourth-order valence-corrected chi connectivity index (χ4v) is 4.20. The van der Waals surface area contributed by atoms with Crippen LogP contribution in [0.1, 0.15) is 93.4 Å². The summed E-state index contributed by atoms with van der Waals surface area (Å²) in [6.45, 7) is 12.0. The van der Waals surface area contributed by atoms with Gasteiger partial charge in [0.1, 0.15) is 5.60 Å². The molecule has 1 saturated carbocycles. The fraction of sp³-hybridized carbons (Fsp3) is 0.913. The van der Waals surface area contributed by atoms with Crippen LogP contribution in [0.4, 0.5) is 13.2 Å². The van der Waals surface area contributed by atoms with Crippen molar-refractivity contribution >= 4 is 11.9 Å². The molecule has 0 aliphatic heterocycles. The average Bonchev–Trinajstić information content (AvgIpc) is 2.65. The number of alkyl halides is 3. The molecule has 0 heterocycles. The minimum Gasteiger partial charge on any atom is -0.458 e. The number of carbonyl (C=O) groups is 2. The van der Waals surface area contributed by atoms with E-state index in [4.69, 9.17) is 4.74 Å². The number of hydrogen-bond acceptors (Lipinski definition) is 4. The number of rotatable bonds is 9. The number of hydrogen-bond donors (Lipinski definition) is 0. The lowest BCUT2D eigenvalue weighted by Crippen LogP contribution is -2.51. The Kier molecular flexibility index (Phi) is 8.83. The summed E-state index contributed by atoms with van der Waals surface area (Å²) >= 11 is 0. The second-order valence-corrected chi connectivity index (χ2v) is 10.2. The summed E-state index contributed by atoms with van der Waals surface area (Å²) in [7, 11) is 0. The third kappa shape index (κ3) is 6.88. The topological polar surface area (TPSA) is 52.6 Å². The molecule has 1 rings (SSSR count). The molecule has 0 saturated heterocycles. The second-order valence-electron chi connectivity index (χ2n) is 10.2. The normalized spacial score (nSPS) is 20.4. The summed E-state index contributed by atoms with van der Waals surface area (Å²) in [5, 5.41) is 0. The Balaban J connectivity index is 3.12. The third-order valence-corrected chi connectivity index (χ3v) is 7.06. The van der Waals surface area contributed by atoms with Gasteiger partial charge in [-0.05, 0) is 57.3 Å². The molecule has 0 aromatic rings. The molecule has 1 aliphatic carbocycles. The van der Waals surface area contributed by atoms with Gasteiger partial charge in [0.05, 0.1) is 11.3 Å². The quantitative estimate of drug-likeness (QED) is 0.389. The standard InChI is InChI=1S/C23H39F3O4/c1-8-20(5,6)14-21(7,16(2)3)19(28)30-22(12-10-9-11-13-22)17(4)18(27)29-15-23(24,25)26/h16-17H,8-15H2,1-7H3. The van der Waals surface area contributed by atoms with Crippen LogP contribution >= 0.6 is 0 Å². The number of carbonyl (C=O) groups excluding carboxylic acids is 2. The molecule has 1 fully saturated rings. The van der Waals surface area contributed by atoms with E-state index in [1.807, 2.05) is 20.8 Å². The predicted octanol–water partition coefficient (Wildman–Crippen LogP) is 6.46. The maximum absolute atomic E-state index is 13.5. The second kappa shape index (κ2) is 9.90. The molecule has 0 amide bonds. The van der Waals surface area contributed by atoms with E-state index in [1.165, 1.54) is 6.92 Å². The monoisotopic (exact) mass is 436 g/mol. The molecule has 176 valence electrons. The van der Waals surface area contributed by atoms with E-state index in [9.17, 15) is 22.8 Å². The summed E-state index contributed by atoms with van der Waals surface area (Å²) in [5.74, 6) is -2.30. The summed E-state index contributed by atoms with van der Waals surface area (Å²) in [5.41, 5.74) is -1.96. The van der Waals surface area contributed by atoms with Crippen LogP contribution in [0.15, 0.2) is 0 Å². The van der Waals surface area contributed by atoms with Crippen molar-refractivity contribution in [2.75, 3.05) is 6.61 Å². The molecular formula is C23H39F3O4. The van der Waals surface area contributed by atoms with Crippen LogP contribution in [0.25, 0.3) is 0 Å². The highest BCUT2D eigenvalue weighted by molar-refractivity contribution is 5.79. The molecule has 30 heavy (non-hydrogen) atoms. The summed E-state index contributed by atoms with van der Waals surface area (Å²) < 4.78 is 48.1. The summed E-state index contributed by atoms with van der Waals surface area (Å²) in [4.78, 5) is 25.9. The van der Waals surface area contributed by atoms with Crippen molar-refractivity contribution in [2.24, 2.45) is 22.7 Å². The van der Waals surface area contributed by atoms with Gasteiger partial charge in [-0.25, -0.2) is 0 Å². The van der Waals surface area contributed by atoms with Gasteiger partial charge in [0, 0.05) is 0 Å². The lowest BCUT2D eigenvalue weighted by molar-refractivity contribution is -0.204. The Morgan fingerprint density at radius 1 is 1.00 bits per heavy atom. The van der Waals surface area contributed by atoms with Gasteiger partial charge in [-0.2, -0.15) is 13.2 Å². The van der Waals surface area contributed by atoms with Crippen LogP contribution in [0, 0.1) is 22.7 Å². The summed E-state index contributed by atoms with van der Waals surface area (Å²) in [6, 6.07) is 0. The van der Waals surface area contributed by atoms with Gasteiger partial charge in [0.15, 0.2) is 6.61 Å². The number of halogens is 3. The highest BCUT2D eigenvalue weighted by atomic mass is 19.4. The first-order valence-electron chi connectivity index (χ1n) is 11.1. The Morgan fingerprint density at radius 2 is 1.53 bits per heavy atom. The van der Waals surface area contributed by atoms with Crippen molar-refractivity contribution in [3.05, 3.63) is 0 Å². The molecule has 7 heteroatoms. The van der Waals surface area contributed by atoms with E-state index < -0.39 is 35.7 Å². The van der Waals surface area contributed by atoms with Gasteiger partial charge in [-0.3, -0.25) is 9.59 Å². The van der Waals surface area contributed by atoms with Crippen LogP contribution in [0.3, 0.4) is 0 Å². The molecule has 4 nitrogen and oxygen atoms in total. The van der Waals surface area contributed by atoms with Gasteiger partial charge in [0.25, 0.3) is 0 Å². The van der Waals surface area contributed by atoms with Crippen molar-refractivity contribution in [3.8, 4) is 0 Å². The van der Waals surface area contributed by atoms with E-state index in [2.05, 4.69) is 25.5 Å². The Hall–Kier alpha value is -1.27. The molecule has 0 aromatic heterocycles. The molecule has 1 aliphatic rings. The maximum atomic E-state index is 13.5. The zero-order valence-corrected chi connectivity index (χ0v) is 19.6. The fourth-order valence-electron chi connectivity index (χ4n) is 4.20. The van der Waals surface area contributed by atoms with Crippen LogP contribution in [0.5, 0.6) is 0 Å². The third-order valence-electron chi connectivity index (χ3n) is 7.06. The van der Waals surface area contributed by atoms with Crippen LogP contribution < -0.4 is 0 Å². The number of esters is 2. The van der Waals surface area contributed by atoms with E-state index >= 15 is 0 Å². The van der Waals surface area contributed by atoms with Gasteiger partial charge in [-0.1, -0.05) is 47.5 Å². The van der Waals surface area contributed by atoms with Crippen molar-refractivity contribution in [1.82, 2.24) is 0 Å². The average molecular weight is 437 g/mol. The molecule has 0 aromatic carbocycles. The van der Waals surface area contributed by atoms with E-state index in [1.54, 1.807) is 0 Å². The van der Waals surface area contributed by atoms with Gasteiger partial charge < -0.3 is 9.47 Å². The zero-order chi connectivity index (χ0) is 23.4.